The van der Waals surface area contributed by atoms with Crippen LogP contribution in [0, 0.1) is 6.92 Å². The minimum atomic E-state index is 0.542. The van der Waals surface area contributed by atoms with E-state index in [-0.39, 0.29) is 0 Å². The van der Waals surface area contributed by atoms with E-state index in [1.807, 2.05) is 25.1 Å². The molecule has 2 aromatic rings. The molecule has 0 unspecified atom stereocenters. The Balaban J connectivity index is 2.42. The molecule has 3 N–H and O–H groups in total. The van der Waals surface area contributed by atoms with Gasteiger partial charge in [-0.05, 0) is 31.2 Å². The van der Waals surface area contributed by atoms with E-state index >= 15 is 0 Å². The number of hydrogen-bond donors (Lipinski definition) is 2. The standard InChI is InChI=1S/C10H11N5/c1-7-8(3-2-6-12-7)9-4-5-10(13-11)15-14-9/h2-6H,11H2,1H3,(H,13,15). The van der Waals surface area contributed by atoms with Crippen molar-refractivity contribution in [2.45, 2.75) is 6.92 Å². The molecule has 0 saturated heterocycles. The largest absolute Gasteiger partial charge is 0.307 e. The molecule has 2 aromatic heterocycles. The molecule has 0 aliphatic carbocycles. The molecule has 0 aliphatic rings. The molecule has 0 fully saturated rings. The first kappa shape index (κ1) is 9.54. The van der Waals surface area contributed by atoms with Crippen molar-refractivity contribution < 1.29 is 0 Å². The second-order valence-corrected chi connectivity index (χ2v) is 3.08. The first-order valence-corrected chi connectivity index (χ1v) is 4.53. The molecular formula is C10H11N5. The Morgan fingerprint density at radius 2 is 2.07 bits per heavy atom. The van der Waals surface area contributed by atoms with E-state index in [1.54, 1.807) is 12.3 Å². The van der Waals surface area contributed by atoms with Gasteiger partial charge in [0.2, 0.25) is 0 Å². The van der Waals surface area contributed by atoms with Crippen LogP contribution in [0.3, 0.4) is 0 Å². The molecule has 0 bridgehead atoms. The van der Waals surface area contributed by atoms with Gasteiger partial charge >= 0.3 is 0 Å². The second-order valence-electron chi connectivity index (χ2n) is 3.08. The van der Waals surface area contributed by atoms with Crippen molar-refractivity contribution in [2.75, 3.05) is 5.43 Å². The van der Waals surface area contributed by atoms with E-state index in [9.17, 15) is 0 Å². The molecule has 0 radical (unpaired) electrons. The van der Waals surface area contributed by atoms with Crippen LogP contribution in [0.1, 0.15) is 5.69 Å². The average molecular weight is 201 g/mol. The van der Waals surface area contributed by atoms with Gasteiger partial charge in [0.25, 0.3) is 0 Å². The van der Waals surface area contributed by atoms with Crippen LogP contribution in [-0.4, -0.2) is 15.2 Å². The number of nitrogens with one attached hydrogen (secondary N) is 1. The maximum atomic E-state index is 5.20. The average Bonchev–Trinajstić information content (AvgIpc) is 2.30. The summed E-state index contributed by atoms with van der Waals surface area (Å²) in [4.78, 5) is 4.19. The van der Waals surface area contributed by atoms with Gasteiger partial charge in [0.05, 0.1) is 5.69 Å². The van der Waals surface area contributed by atoms with Gasteiger partial charge in [-0.3, -0.25) is 4.98 Å². The maximum Gasteiger partial charge on any atom is 0.162 e. The van der Waals surface area contributed by atoms with E-state index in [0.29, 0.717) is 5.82 Å². The van der Waals surface area contributed by atoms with Crippen LogP contribution in [0.5, 0.6) is 0 Å². The summed E-state index contributed by atoms with van der Waals surface area (Å²) in [5, 5.41) is 7.95. The Morgan fingerprint density at radius 1 is 1.20 bits per heavy atom. The van der Waals surface area contributed by atoms with Crippen molar-refractivity contribution in [1.82, 2.24) is 15.2 Å². The molecule has 2 heterocycles. The van der Waals surface area contributed by atoms with Crippen LogP contribution in [0.2, 0.25) is 0 Å². The zero-order valence-electron chi connectivity index (χ0n) is 8.31. The Morgan fingerprint density at radius 3 is 2.67 bits per heavy atom. The molecule has 5 heteroatoms. The summed E-state index contributed by atoms with van der Waals surface area (Å²) in [6, 6.07) is 7.46. The van der Waals surface area contributed by atoms with Gasteiger partial charge in [-0.1, -0.05) is 0 Å². The highest BCUT2D eigenvalue weighted by Crippen LogP contribution is 2.18. The lowest BCUT2D eigenvalue weighted by atomic mass is 10.1. The summed E-state index contributed by atoms with van der Waals surface area (Å²) < 4.78 is 0. The van der Waals surface area contributed by atoms with E-state index in [0.717, 1.165) is 17.0 Å². The number of aryl methyl sites for hydroxylation is 1. The number of hydrazine groups is 1. The van der Waals surface area contributed by atoms with E-state index in [1.165, 1.54) is 0 Å². The SMILES string of the molecule is Cc1ncccc1-c1ccc(NN)nn1. The van der Waals surface area contributed by atoms with Crippen LogP contribution < -0.4 is 11.3 Å². The Kier molecular flexibility index (Phi) is 2.55. The molecule has 5 nitrogen and oxygen atoms in total. The number of nitrogen functional groups attached to an aromatic ring is 1. The molecule has 0 aliphatic heterocycles. The number of nitrogens with zero attached hydrogens (tertiary/aromatic N) is 3. The molecule has 0 aromatic carbocycles. The summed E-state index contributed by atoms with van der Waals surface area (Å²) in [5.41, 5.74) is 5.13. The molecule has 76 valence electrons. The topological polar surface area (TPSA) is 76.7 Å². The smallest absolute Gasteiger partial charge is 0.162 e. The fourth-order valence-electron chi connectivity index (χ4n) is 1.31. The van der Waals surface area contributed by atoms with E-state index in [4.69, 9.17) is 5.84 Å². The highest BCUT2D eigenvalue weighted by molar-refractivity contribution is 5.61. The predicted octanol–water partition coefficient (Wildman–Crippen LogP) is 1.13. The van der Waals surface area contributed by atoms with Gasteiger partial charge in [0.1, 0.15) is 0 Å². The van der Waals surface area contributed by atoms with Crippen LogP contribution in [0.4, 0.5) is 5.82 Å². The highest BCUT2D eigenvalue weighted by Gasteiger charge is 2.03. The number of anilines is 1. The van der Waals surface area contributed by atoms with E-state index in [2.05, 4.69) is 20.6 Å². The summed E-state index contributed by atoms with van der Waals surface area (Å²) in [5.74, 6) is 5.75. The van der Waals surface area contributed by atoms with Crippen LogP contribution in [-0.2, 0) is 0 Å². The second kappa shape index (κ2) is 4.02. The summed E-state index contributed by atoms with van der Waals surface area (Å²) in [7, 11) is 0. The number of rotatable bonds is 2. The van der Waals surface area contributed by atoms with Crippen molar-refractivity contribution in [1.29, 1.82) is 0 Å². The maximum absolute atomic E-state index is 5.20. The molecular weight excluding hydrogens is 190 g/mol. The number of aromatic nitrogens is 3. The molecule has 0 spiro atoms. The van der Waals surface area contributed by atoms with Crippen molar-refractivity contribution >= 4 is 5.82 Å². The number of hydrogen-bond acceptors (Lipinski definition) is 5. The Bertz CT molecular complexity index is 452. The zero-order valence-corrected chi connectivity index (χ0v) is 8.31. The third kappa shape index (κ3) is 1.92. The van der Waals surface area contributed by atoms with Crippen molar-refractivity contribution in [3.05, 3.63) is 36.2 Å². The molecule has 0 atom stereocenters. The van der Waals surface area contributed by atoms with Crippen LogP contribution >= 0.6 is 0 Å². The fourth-order valence-corrected chi connectivity index (χ4v) is 1.31. The lowest BCUT2D eigenvalue weighted by Gasteiger charge is -2.03. The lowest BCUT2D eigenvalue weighted by Crippen LogP contribution is -2.09. The van der Waals surface area contributed by atoms with Crippen molar-refractivity contribution in [2.24, 2.45) is 5.84 Å². The third-order valence-corrected chi connectivity index (χ3v) is 2.10. The molecule has 15 heavy (non-hydrogen) atoms. The quantitative estimate of drug-likeness (QED) is 0.562. The van der Waals surface area contributed by atoms with Gasteiger partial charge in [-0.15, -0.1) is 10.2 Å². The van der Waals surface area contributed by atoms with Crippen molar-refractivity contribution in [3.8, 4) is 11.3 Å². The van der Waals surface area contributed by atoms with Crippen LogP contribution in [0.25, 0.3) is 11.3 Å². The molecule has 2 rings (SSSR count). The third-order valence-electron chi connectivity index (χ3n) is 2.10. The molecule has 0 saturated carbocycles. The predicted molar refractivity (Wildman–Crippen MR) is 57.8 cm³/mol. The van der Waals surface area contributed by atoms with Gasteiger partial charge in [0, 0.05) is 17.5 Å². The first-order valence-electron chi connectivity index (χ1n) is 4.53. The van der Waals surface area contributed by atoms with Gasteiger partial charge in [0.15, 0.2) is 5.82 Å². The van der Waals surface area contributed by atoms with Crippen LogP contribution in [0.15, 0.2) is 30.5 Å². The first-order chi connectivity index (χ1) is 7.31. The van der Waals surface area contributed by atoms with Gasteiger partial charge in [-0.2, -0.15) is 0 Å². The number of pyridine rings is 1. The Labute approximate surface area is 87.3 Å². The zero-order chi connectivity index (χ0) is 10.7. The Hall–Kier alpha value is -2.01. The fraction of sp³-hybridized carbons (Fsp3) is 0.100. The normalized spacial score (nSPS) is 10.0. The van der Waals surface area contributed by atoms with Crippen molar-refractivity contribution in [3.63, 3.8) is 0 Å². The van der Waals surface area contributed by atoms with E-state index < -0.39 is 0 Å². The lowest BCUT2D eigenvalue weighted by molar-refractivity contribution is 1.02. The molecule has 0 amide bonds. The highest BCUT2D eigenvalue weighted by atomic mass is 15.3. The summed E-state index contributed by atoms with van der Waals surface area (Å²) >= 11 is 0. The number of nitrogens with two attached hydrogens (primary N) is 1. The summed E-state index contributed by atoms with van der Waals surface area (Å²) in [6.07, 6.45) is 1.75. The monoisotopic (exact) mass is 201 g/mol. The summed E-state index contributed by atoms with van der Waals surface area (Å²) in [6.45, 7) is 1.94. The van der Waals surface area contributed by atoms with Gasteiger partial charge < -0.3 is 5.43 Å². The minimum Gasteiger partial charge on any atom is -0.307 e. The minimum absolute atomic E-state index is 0.542. The van der Waals surface area contributed by atoms with Gasteiger partial charge in [-0.25, -0.2) is 5.84 Å².